The number of amides is 2. The van der Waals surface area contributed by atoms with Gasteiger partial charge in [0.15, 0.2) is 0 Å². The standard InChI is InChI=1S/C20H29N3O3/c1-14(2)19(21-15(3)24)20(25)23-9-7-22(8-10-23)13-16-4-5-18-17(12-16)6-11-26-18/h4-5,12,14,19H,6-11,13H2,1-3H3,(H,21,24)/p+1/t19-/m0/s1. The third-order valence-corrected chi connectivity index (χ3v) is 5.28. The lowest BCUT2D eigenvalue weighted by atomic mass is 10.0. The Morgan fingerprint density at radius 2 is 2.00 bits per heavy atom. The molecule has 0 aromatic heterocycles. The topological polar surface area (TPSA) is 63.1 Å². The van der Waals surface area contributed by atoms with Crippen molar-refractivity contribution in [3.8, 4) is 5.75 Å². The zero-order valence-corrected chi connectivity index (χ0v) is 16.0. The Morgan fingerprint density at radius 3 is 2.65 bits per heavy atom. The predicted octanol–water partition coefficient (Wildman–Crippen LogP) is 0.00930. The number of ether oxygens (including phenoxy) is 1. The summed E-state index contributed by atoms with van der Waals surface area (Å²) in [6.07, 6.45) is 1.00. The highest BCUT2D eigenvalue weighted by Gasteiger charge is 2.31. The van der Waals surface area contributed by atoms with Gasteiger partial charge in [0.25, 0.3) is 0 Å². The maximum atomic E-state index is 12.8. The van der Waals surface area contributed by atoms with Crippen LogP contribution in [-0.2, 0) is 22.6 Å². The number of nitrogens with zero attached hydrogens (tertiary/aromatic N) is 1. The number of benzene rings is 1. The van der Waals surface area contributed by atoms with E-state index in [4.69, 9.17) is 4.74 Å². The van der Waals surface area contributed by atoms with Crippen molar-refractivity contribution >= 4 is 11.8 Å². The van der Waals surface area contributed by atoms with Gasteiger partial charge in [-0.1, -0.05) is 13.8 Å². The fourth-order valence-corrected chi connectivity index (χ4v) is 3.79. The molecule has 1 atom stereocenters. The Morgan fingerprint density at radius 1 is 1.27 bits per heavy atom. The second-order valence-corrected chi connectivity index (χ2v) is 7.71. The maximum absolute atomic E-state index is 12.8. The van der Waals surface area contributed by atoms with Crippen molar-refractivity contribution in [3.63, 3.8) is 0 Å². The van der Waals surface area contributed by atoms with E-state index in [0.29, 0.717) is 0 Å². The molecule has 0 unspecified atom stereocenters. The van der Waals surface area contributed by atoms with E-state index in [1.54, 1.807) is 0 Å². The van der Waals surface area contributed by atoms with Crippen LogP contribution in [0.3, 0.4) is 0 Å². The van der Waals surface area contributed by atoms with E-state index < -0.39 is 6.04 Å². The monoisotopic (exact) mass is 360 g/mol. The number of quaternary nitrogens is 1. The molecule has 2 aliphatic heterocycles. The van der Waals surface area contributed by atoms with Gasteiger partial charge in [0.05, 0.1) is 32.8 Å². The molecule has 6 nitrogen and oxygen atoms in total. The van der Waals surface area contributed by atoms with Gasteiger partial charge in [-0.2, -0.15) is 0 Å². The second kappa shape index (κ2) is 8.08. The Hall–Kier alpha value is -2.08. The summed E-state index contributed by atoms with van der Waals surface area (Å²) in [5.74, 6) is 1.01. The number of hydrogen-bond donors (Lipinski definition) is 2. The van der Waals surface area contributed by atoms with Crippen LogP contribution in [0.2, 0.25) is 0 Å². The molecule has 2 aliphatic rings. The summed E-state index contributed by atoms with van der Waals surface area (Å²) in [6, 6.07) is 6.07. The van der Waals surface area contributed by atoms with Crippen LogP contribution >= 0.6 is 0 Å². The van der Waals surface area contributed by atoms with E-state index in [1.165, 1.54) is 23.0 Å². The number of hydrogen-bond acceptors (Lipinski definition) is 3. The molecule has 1 aromatic carbocycles. The van der Waals surface area contributed by atoms with E-state index in [2.05, 4.69) is 23.5 Å². The molecule has 26 heavy (non-hydrogen) atoms. The van der Waals surface area contributed by atoms with E-state index in [1.807, 2.05) is 18.7 Å². The molecule has 2 heterocycles. The molecule has 1 aromatic rings. The Kier molecular flexibility index (Phi) is 5.81. The molecule has 1 fully saturated rings. The van der Waals surface area contributed by atoms with E-state index >= 15 is 0 Å². The minimum atomic E-state index is -0.425. The van der Waals surface area contributed by atoms with Crippen molar-refractivity contribution in [1.29, 1.82) is 0 Å². The van der Waals surface area contributed by atoms with Crippen LogP contribution in [0.5, 0.6) is 5.75 Å². The lowest BCUT2D eigenvalue weighted by Gasteiger charge is -2.35. The number of piperazine rings is 1. The molecule has 0 bridgehead atoms. The third kappa shape index (κ3) is 4.36. The molecule has 0 saturated carbocycles. The summed E-state index contributed by atoms with van der Waals surface area (Å²) in [5.41, 5.74) is 2.65. The molecular formula is C20H30N3O3+. The van der Waals surface area contributed by atoms with Gasteiger partial charge in [-0.3, -0.25) is 9.59 Å². The van der Waals surface area contributed by atoms with Gasteiger partial charge in [0.1, 0.15) is 18.3 Å². The molecule has 142 valence electrons. The summed E-state index contributed by atoms with van der Waals surface area (Å²) >= 11 is 0. The maximum Gasteiger partial charge on any atom is 0.245 e. The number of nitrogens with one attached hydrogen (secondary N) is 2. The smallest absolute Gasteiger partial charge is 0.245 e. The zero-order chi connectivity index (χ0) is 18.7. The van der Waals surface area contributed by atoms with Crippen LogP contribution in [0, 0.1) is 5.92 Å². The first kappa shape index (κ1) is 18.7. The van der Waals surface area contributed by atoms with E-state index in [-0.39, 0.29) is 17.7 Å². The average Bonchev–Trinajstić information content (AvgIpc) is 3.07. The lowest BCUT2D eigenvalue weighted by molar-refractivity contribution is -0.917. The molecule has 0 spiro atoms. The number of rotatable bonds is 5. The Balaban J connectivity index is 1.53. The predicted molar refractivity (Wildman–Crippen MR) is 99.1 cm³/mol. The van der Waals surface area contributed by atoms with Gasteiger partial charge in [0.2, 0.25) is 11.8 Å². The van der Waals surface area contributed by atoms with E-state index in [0.717, 1.165) is 51.5 Å². The van der Waals surface area contributed by atoms with Gasteiger partial charge in [-0.05, 0) is 29.7 Å². The molecule has 0 aliphatic carbocycles. The van der Waals surface area contributed by atoms with Crippen molar-refractivity contribution in [3.05, 3.63) is 29.3 Å². The van der Waals surface area contributed by atoms with Crippen LogP contribution in [-0.4, -0.2) is 55.5 Å². The molecule has 2 N–H and O–H groups in total. The summed E-state index contributed by atoms with van der Waals surface area (Å²) < 4.78 is 5.57. The fourth-order valence-electron chi connectivity index (χ4n) is 3.79. The van der Waals surface area contributed by atoms with Crippen LogP contribution < -0.4 is 15.0 Å². The highest BCUT2D eigenvalue weighted by Crippen LogP contribution is 2.25. The molecule has 3 rings (SSSR count). The van der Waals surface area contributed by atoms with Crippen LogP contribution in [0.25, 0.3) is 0 Å². The van der Waals surface area contributed by atoms with Crippen molar-refractivity contribution in [2.75, 3.05) is 32.8 Å². The van der Waals surface area contributed by atoms with Crippen LogP contribution in [0.15, 0.2) is 18.2 Å². The Labute approximate surface area is 155 Å². The Bertz CT molecular complexity index is 666. The molecule has 0 radical (unpaired) electrons. The lowest BCUT2D eigenvalue weighted by Crippen LogP contribution is -3.13. The first-order chi connectivity index (χ1) is 12.4. The normalized spacial score (nSPS) is 18.4. The highest BCUT2D eigenvalue weighted by molar-refractivity contribution is 5.87. The largest absolute Gasteiger partial charge is 0.493 e. The summed E-state index contributed by atoms with van der Waals surface area (Å²) in [5, 5.41) is 2.80. The molecule has 2 amide bonds. The van der Waals surface area contributed by atoms with Gasteiger partial charge in [-0.25, -0.2) is 0 Å². The molecule has 6 heteroatoms. The fraction of sp³-hybridized carbons (Fsp3) is 0.600. The SMILES string of the molecule is CC(=O)N[C@H](C(=O)N1CC[NH+](Cc2ccc3c(c2)CCO3)CC1)C(C)C. The van der Waals surface area contributed by atoms with E-state index in [9.17, 15) is 9.59 Å². The zero-order valence-electron chi connectivity index (χ0n) is 16.0. The first-order valence-electron chi connectivity index (χ1n) is 9.58. The highest BCUT2D eigenvalue weighted by atomic mass is 16.5. The molecule has 1 saturated heterocycles. The quantitative estimate of drug-likeness (QED) is 0.778. The minimum Gasteiger partial charge on any atom is -0.493 e. The number of carbonyl (C=O) groups is 2. The number of carbonyl (C=O) groups excluding carboxylic acids is 2. The number of fused-ring (bicyclic) bond motifs is 1. The van der Waals surface area contributed by atoms with Gasteiger partial charge >= 0.3 is 0 Å². The first-order valence-corrected chi connectivity index (χ1v) is 9.58. The molecular weight excluding hydrogens is 330 g/mol. The average molecular weight is 360 g/mol. The second-order valence-electron chi connectivity index (χ2n) is 7.71. The van der Waals surface area contributed by atoms with Gasteiger partial charge in [-0.15, -0.1) is 0 Å². The van der Waals surface area contributed by atoms with Crippen molar-refractivity contribution in [2.45, 2.75) is 39.8 Å². The van der Waals surface area contributed by atoms with Gasteiger partial charge < -0.3 is 19.9 Å². The van der Waals surface area contributed by atoms with Crippen molar-refractivity contribution in [2.24, 2.45) is 5.92 Å². The summed E-state index contributed by atoms with van der Waals surface area (Å²) in [7, 11) is 0. The van der Waals surface area contributed by atoms with Gasteiger partial charge in [0, 0.05) is 18.9 Å². The van der Waals surface area contributed by atoms with Crippen molar-refractivity contribution in [1.82, 2.24) is 10.2 Å². The third-order valence-electron chi connectivity index (χ3n) is 5.28. The minimum absolute atomic E-state index is 0.0453. The summed E-state index contributed by atoms with van der Waals surface area (Å²) in [4.78, 5) is 27.5. The van der Waals surface area contributed by atoms with Crippen LogP contribution in [0.4, 0.5) is 0 Å². The van der Waals surface area contributed by atoms with Crippen molar-refractivity contribution < 1.29 is 19.2 Å². The van der Waals surface area contributed by atoms with Crippen LogP contribution in [0.1, 0.15) is 31.9 Å². The summed E-state index contributed by atoms with van der Waals surface area (Å²) in [6.45, 7) is 10.5.